The molecule has 4 nitrogen and oxygen atoms in total. The fourth-order valence-electron chi connectivity index (χ4n) is 3.29. The van der Waals surface area contributed by atoms with Gasteiger partial charge in [0.05, 0.1) is 11.9 Å². The standard InChI is InChI=1S/C13H23N3O/c1-5-6-16-11(8-14-15-16)13(17)9-12(3,4)7-10(13)2/h8,10,17H,5-7,9H2,1-4H3. The van der Waals surface area contributed by atoms with E-state index in [0.29, 0.717) is 0 Å². The number of hydrogen-bond acceptors (Lipinski definition) is 3. The summed E-state index contributed by atoms with van der Waals surface area (Å²) >= 11 is 0. The number of nitrogens with zero attached hydrogens (tertiary/aromatic N) is 3. The third kappa shape index (κ3) is 2.10. The molecule has 2 unspecified atom stereocenters. The average Bonchev–Trinajstić information content (AvgIpc) is 2.72. The first kappa shape index (κ1) is 12.6. The summed E-state index contributed by atoms with van der Waals surface area (Å²) in [6.45, 7) is 9.49. The monoisotopic (exact) mass is 237 g/mol. The van der Waals surface area contributed by atoms with E-state index in [-0.39, 0.29) is 11.3 Å². The van der Waals surface area contributed by atoms with E-state index in [4.69, 9.17) is 0 Å². The van der Waals surface area contributed by atoms with Crippen molar-refractivity contribution < 1.29 is 5.11 Å². The van der Waals surface area contributed by atoms with Crippen LogP contribution < -0.4 is 0 Å². The molecule has 0 radical (unpaired) electrons. The first-order valence-electron chi connectivity index (χ1n) is 6.50. The maximum Gasteiger partial charge on any atom is 0.111 e. The van der Waals surface area contributed by atoms with Crippen molar-refractivity contribution in [3.05, 3.63) is 11.9 Å². The molecule has 96 valence electrons. The zero-order valence-electron chi connectivity index (χ0n) is 11.3. The maximum absolute atomic E-state index is 11.0. The van der Waals surface area contributed by atoms with E-state index in [1.165, 1.54) is 0 Å². The molecule has 0 aromatic carbocycles. The van der Waals surface area contributed by atoms with Crippen molar-refractivity contribution in [1.29, 1.82) is 0 Å². The number of aryl methyl sites for hydroxylation is 1. The van der Waals surface area contributed by atoms with Crippen molar-refractivity contribution >= 4 is 0 Å². The average molecular weight is 237 g/mol. The largest absolute Gasteiger partial charge is 0.383 e. The highest BCUT2D eigenvalue weighted by molar-refractivity contribution is 5.15. The van der Waals surface area contributed by atoms with E-state index in [0.717, 1.165) is 31.5 Å². The highest BCUT2D eigenvalue weighted by Crippen LogP contribution is 2.52. The normalized spacial score (nSPS) is 31.9. The van der Waals surface area contributed by atoms with Crippen LogP contribution in [0.5, 0.6) is 0 Å². The van der Waals surface area contributed by atoms with Crippen molar-refractivity contribution in [3.63, 3.8) is 0 Å². The van der Waals surface area contributed by atoms with Crippen LogP contribution in [-0.4, -0.2) is 20.1 Å². The molecule has 2 atom stereocenters. The van der Waals surface area contributed by atoms with Gasteiger partial charge in [0.25, 0.3) is 0 Å². The molecule has 1 saturated carbocycles. The molecule has 1 fully saturated rings. The molecule has 0 saturated heterocycles. The quantitative estimate of drug-likeness (QED) is 0.877. The summed E-state index contributed by atoms with van der Waals surface area (Å²) < 4.78 is 1.86. The highest BCUT2D eigenvalue weighted by atomic mass is 16.3. The molecule has 1 N–H and O–H groups in total. The van der Waals surface area contributed by atoms with Gasteiger partial charge in [-0.2, -0.15) is 0 Å². The van der Waals surface area contributed by atoms with Crippen LogP contribution in [0, 0.1) is 11.3 Å². The molecular weight excluding hydrogens is 214 g/mol. The van der Waals surface area contributed by atoms with Gasteiger partial charge in [0.1, 0.15) is 5.60 Å². The Bertz CT molecular complexity index is 399. The lowest BCUT2D eigenvalue weighted by molar-refractivity contribution is -0.00933. The maximum atomic E-state index is 11.0. The number of aromatic nitrogens is 3. The Kier molecular flexibility index (Phi) is 3.02. The van der Waals surface area contributed by atoms with Gasteiger partial charge < -0.3 is 5.11 Å². The van der Waals surface area contributed by atoms with Crippen molar-refractivity contribution in [2.24, 2.45) is 11.3 Å². The number of rotatable bonds is 3. The van der Waals surface area contributed by atoms with Gasteiger partial charge >= 0.3 is 0 Å². The van der Waals surface area contributed by atoms with Crippen LogP contribution >= 0.6 is 0 Å². The molecule has 1 aliphatic rings. The summed E-state index contributed by atoms with van der Waals surface area (Å²) in [4.78, 5) is 0. The summed E-state index contributed by atoms with van der Waals surface area (Å²) in [6, 6.07) is 0. The van der Waals surface area contributed by atoms with Gasteiger partial charge in [-0.15, -0.1) is 5.10 Å². The Labute approximate surface area is 103 Å². The molecule has 1 heterocycles. The van der Waals surface area contributed by atoms with Crippen LogP contribution in [0.25, 0.3) is 0 Å². The first-order chi connectivity index (χ1) is 7.89. The second kappa shape index (κ2) is 4.09. The summed E-state index contributed by atoms with van der Waals surface area (Å²) in [5.41, 5.74) is 0.315. The minimum absolute atomic E-state index is 0.190. The van der Waals surface area contributed by atoms with E-state index in [2.05, 4.69) is 38.0 Å². The van der Waals surface area contributed by atoms with Crippen LogP contribution in [0.4, 0.5) is 0 Å². The number of aliphatic hydroxyl groups is 1. The molecule has 4 heteroatoms. The van der Waals surface area contributed by atoms with Gasteiger partial charge in [-0.05, 0) is 30.6 Å². The zero-order valence-corrected chi connectivity index (χ0v) is 11.3. The third-order valence-corrected chi connectivity index (χ3v) is 3.92. The van der Waals surface area contributed by atoms with Crippen molar-refractivity contribution in [2.45, 2.75) is 59.1 Å². The minimum atomic E-state index is -0.762. The molecule has 0 amide bonds. The lowest BCUT2D eigenvalue weighted by atomic mass is 9.87. The van der Waals surface area contributed by atoms with E-state index in [1.807, 2.05) is 4.68 Å². The lowest BCUT2D eigenvalue weighted by Gasteiger charge is -2.28. The fourth-order valence-corrected chi connectivity index (χ4v) is 3.29. The number of hydrogen-bond donors (Lipinski definition) is 1. The van der Waals surface area contributed by atoms with Gasteiger partial charge in [-0.25, -0.2) is 4.68 Å². The van der Waals surface area contributed by atoms with E-state index in [1.54, 1.807) is 6.20 Å². The van der Waals surface area contributed by atoms with Gasteiger partial charge in [0, 0.05) is 6.54 Å². The minimum Gasteiger partial charge on any atom is -0.383 e. The molecule has 17 heavy (non-hydrogen) atoms. The predicted octanol–water partition coefficient (Wildman–Crippen LogP) is 2.33. The molecule has 2 rings (SSSR count). The highest BCUT2D eigenvalue weighted by Gasteiger charge is 2.50. The Morgan fingerprint density at radius 2 is 2.24 bits per heavy atom. The molecule has 1 aromatic rings. The smallest absolute Gasteiger partial charge is 0.111 e. The zero-order chi connectivity index (χ0) is 12.7. The molecule has 0 aliphatic heterocycles. The Balaban J connectivity index is 2.35. The van der Waals surface area contributed by atoms with Crippen LogP contribution in [0.15, 0.2) is 6.20 Å². The van der Waals surface area contributed by atoms with Crippen molar-refractivity contribution in [2.75, 3.05) is 0 Å². The summed E-state index contributed by atoms with van der Waals surface area (Å²) in [5, 5.41) is 19.0. The van der Waals surface area contributed by atoms with Crippen LogP contribution in [0.3, 0.4) is 0 Å². The molecule has 0 spiro atoms. The molecular formula is C13H23N3O. The van der Waals surface area contributed by atoms with E-state index in [9.17, 15) is 5.11 Å². The predicted molar refractivity (Wildman–Crippen MR) is 66.4 cm³/mol. The van der Waals surface area contributed by atoms with Gasteiger partial charge in [-0.3, -0.25) is 0 Å². The summed E-state index contributed by atoms with van der Waals surface area (Å²) in [7, 11) is 0. The lowest BCUT2D eigenvalue weighted by Crippen LogP contribution is -2.32. The Morgan fingerprint density at radius 1 is 1.53 bits per heavy atom. The molecule has 1 aromatic heterocycles. The topological polar surface area (TPSA) is 50.9 Å². The first-order valence-corrected chi connectivity index (χ1v) is 6.50. The SMILES string of the molecule is CCCn1nncc1C1(O)CC(C)(C)CC1C. The second-order valence-electron chi connectivity index (χ2n) is 6.21. The Morgan fingerprint density at radius 3 is 2.76 bits per heavy atom. The fraction of sp³-hybridized carbons (Fsp3) is 0.846. The van der Waals surface area contributed by atoms with E-state index >= 15 is 0 Å². The third-order valence-electron chi connectivity index (χ3n) is 3.92. The second-order valence-corrected chi connectivity index (χ2v) is 6.21. The van der Waals surface area contributed by atoms with Gasteiger partial charge in [0.2, 0.25) is 0 Å². The van der Waals surface area contributed by atoms with E-state index < -0.39 is 5.60 Å². The van der Waals surface area contributed by atoms with Crippen molar-refractivity contribution in [3.8, 4) is 0 Å². The van der Waals surface area contributed by atoms with Crippen LogP contribution in [-0.2, 0) is 12.1 Å². The van der Waals surface area contributed by atoms with Gasteiger partial charge in [0.15, 0.2) is 0 Å². The summed E-state index contributed by atoms with van der Waals surface area (Å²) in [5.74, 6) is 0.256. The van der Waals surface area contributed by atoms with Crippen LogP contribution in [0.2, 0.25) is 0 Å². The summed E-state index contributed by atoms with van der Waals surface area (Å²) in [6.07, 6.45) is 4.57. The van der Waals surface area contributed by atoms with Crippen molar-refractivity contribution in [1.82, 2.24) is 15.0 Å². The van der Waals surface area contributed by atoms with Crippen LogP contribution in [0.1, 0.15) is 52.7 Å². The van der Waals surface area contributed by atoms with Gasteiger partial charge in [-0.1, -0.05) is 32.9 Å². The molecule has 0 bridgehead atoms. The molecule has 1 aliphatic carbocycles. The Hall–Kier alpha value is -0.900.